The summed E-state index contributed by atoms with van der Waals surface area (Å²) in [4.78, 5) is 10.9. The molecular weight excluding hydrogens is 322 g/mol. The Kier molecular flexibility index (Phi) is 3.99. The fraction of sp³-hybridized carbons (Fsp3) is 0. The first-order chi connectivity index (χ1) is 8.60. The summed E-state index contributed by atoms with van der Waals surface area (Å²) in [5.74, 6) is 0.350. The molecule has 2 nitrogen and oxygen atoms in total. The van der Waals surface area contributed by atoms with Crippen molar-refractivity contribution in [3.05, 3.63) is 57.3 Å². The lowest BCUT2D eigenvalue weighted by atomic mass is 10.2. The van der Waals surface area contributed by atoms with Crippen LogP contribution in [0.15, 0.2) is 40.9 Å². The predicted molar refractivity (Wildman–Crippen MR) is 71.0 cm³/mol. The van der Waals surface area contributed by atoms with Gasteiger partial charge in [-0.2, -0.15) is 0 Å². The average molecular weight is 330 g/mol. The number of aldehydes is 1. The second-order valence-corrected chi connectivity index (χ2v) is 4.77. The molecule has 2 rings (SSSR count). The van der Waals surface area contributed by atoms with E-state index in [1.165, 1.54) is 24.3 Å². The van der Waals surface area contributed by atoms with Crippen LogP contribution in [0, 0.1) is 5.82 Å². The summed E-state index contributed by atoms with van der Waals surface area (Å²) in [6, 6.07) is 8.70. The maximum Gasteiger partial charge on any atom is 0.153 e. The molecule has 0 aliphatic heterocycles. The zero-order valence-corrected chi connectivity index (χ0v) is 11.3. The van der Waals surface area contributed by atoms with E-state index >= 15 is 0 Å². The van der Waals surface area contributed by atoms with Gasteiger partial charge in [-0.15, -0.1) is 0 Å². The number of carbonyl (C=O) groups is 1. The quantitative estimate of drug-likeness (QED) is 0.753. The van der Waals surface area contributed by atoms with E-state index in [-0.39, 0.29) is 5.82 Å². The van der Waals surface area contributed by atoms with Gasteiger partial charge in [-0.25, -0.2) is 4.39 Å². The standard InChI is InChI=1S/C13H7BrClFO2/c14-11-6-10(16)3-4-12(11)18-13-5-9(15)2-1-8(13)7-17/h1-7H. The highest BCUT2D eigenvalue weighted by molar-refractivity contribution is 9.10. The van der Waals surface area contributed by atoms with Crippen molar-refractivity contribution in [2.24, 2.45) is 0 Å². The summed E-state index contributed by atoms with van der Waals surface area (Å²) < 4.78 is 18.9. The fourth-order valence-corrected chi connectivity index (χ4v) is 1.96. The molecule has 0 aliphatic rings. The van der Waals surface area contributed by atoms with Crippen LogP contribution in [0.25, 0.3) is 0 Å². The van der Waals surface area contributed by atoms with Gasteiger partial charge in [0.25, 0.3) is 0 Å². The molecular formula is C13H7BrClFO2. The molecule has 0 aliphatic carbocycles. The van der Waals surface area contributed by atoms with Gasteiger partial charge >= 0.3 is 0 Å². The normalized spacial score (nSPS) is 10.2. The van der Waals surface area contributed by atoms with Crippen LogP contribution in [0.3, 0.4) is 0 Å². The Morgan fingerprint density at radius 1 is 1.17 bits per heavy atom. The number of halogens is 3. The highest BCUT2D eigenvalue weighted by Gasteiger charge is 2.08. The van der Waals surface area contributed by atoms with Gasteiger partial charge in [0, 0.05) is 11.1 Å². The lowest BCUT2D eigenvalue weighted by Crippen LogP contribution is -1.91. The summed E-state index contributed by atoms with van der Waals surface area (Å²) >= 11 is 9.02. The zero-order chi connectivity index (χ0) is 13.1. The van der Waals surface area contributed by atoms with Crippen molar-refractivity contribution in [2.45, 2.75) is 0 Å². The predicted octanol–water partition coefficient (Wildman–Crippen LogP) is 4.85. The van der Waals surface area contributed by atoms with E-state index in [9.17, 15) is 9.18 Å². The largest absolute Gasteiger partial charge is 0.455 e. The molecule has 92 valence electrons. The summed E-state index contributed by atoms with van der Waals surface area (Å²) in [6.07, 6.45) is 0.670. The Morgan fingerprint density at radius 3 is 2.61 bits per heavy atom. The van der Waals surface area contributed by atoms with Gasteiger partial charge in [0.15, 0.2) is 6.29 Å². The van der Waals surface area contributed by atoms with Crippen LogP contribution in [0.1, 0.15) is 10.4 Å². The first-order valence-corrected chi connectivity index (χ1v) is 6.15. The Morgan fingerprint density at radius 2 is 1.94 bits per heavy atom. The van der Waals surface area contributed by atoms with Crippen LogP contribution in [-0.2, 0) is 0 Å². The monoisotopic (exact) mass is 328 g/mol. The number of ether oxygens (including phenoxy) is 1. The van der Waals surface area contributed by atoms with Gasteiger partial charge in [0.1, 0.15) is 17.3 Å². The third-order valence-corrected chi connectivity index (χ3v) is 3.07. The highest BCUT2D eigenvalue weighted by atomic mass is 79.9. The molecule has 2 aromatic carbocycles. The van der Waals surface area contributed by atoms with E-state index in [2.05, 4.69) is 15.9 Å². The second-order valence-electron chi connectivity index (χ2n) is 3.48. The van der Waals surface area contributed by atoms with E-state index in [1.54, 1.807) is 12.1 Å². The second kappa shape index (κ2) is 5.50. The van der Waals surface area contributed by atoms with Crippen molar-refractivity contribution < 1.29 is 13.9 Å². The molecule has 5 heteroatoms. The Bertz CT molecular complexity index is 602. The van der Waals surface area contributed by atoms with E-state index in [0.717, 1.165) is 0 Å². The molecule has 2 aromatic rings. The fourth-order valence-electron chi connectivity index (χ4n) is 1.37. The van der Waals surface area contributed by atoms with E-state index in [0.29, 0.717) is 32.8 Å². The third-order valence-electron chi connectivity index (χ3n) is 2.22. The third kappa shape index (κ3) is 2.89. The molecule has 0 saturated heterocycles. The minimum Gasteiger partial charge on any atom is -0.455 e. The molecule has 18 heavy (non-hydrogen) atoms. The van der Waals surface area contributed by atoms with E-state index in [1.807, 2.05) is 0 Å². The van der Waals surface area contributed by atoms with Gasteiger partial charge in [0.2, 0.25) is 0 Å². The molecule has 0 atom stereocenters. The van der Waals surface area contributed by atoms with Crippen molar-refractivity contribution in [1.82, 2.24) is 0 Å². The molecule has 0 N–H and O–H groups in total. The molecule has 0 unspecified atom stereocenters. The van der Waals surface area contributed by atoms with Crippen molar-refractivity contribution in [2.75, 3.05) is 0 Å². The van der Waals surface area contributed by atoms with Gasteiger partial charge in [0.05, 0.1) is 10.0 Å². The summed E-state index contributed by atoms with van der Waals surface area (Å²) in [5.41, 5.74) is 0.371. The zero-order valence-electron chi connectivity index (χ0n) is 8.99. The molecule has 0 fully saturated rings. The first kappa shape index (κ1) is 13.1. The minimum absolute atomic E-state index is 0.324. The first-order valence-electron chi connectivity index (χ1n) is 4.98. The topological polar surface area (TPSA) is 26.3 Å². The number of hydrogen-bond acceptors (Lipinski definition) is 2. The number of benzene rings is 2. The van der Waals surface area contributed by atoms with Crippen LogP contribution in [0.5, 0.6) is 11.5 Å². The van der Waals surface area contributed by atoms with Crippen LogP contribution >= 0.6 is 27.5 Å². The summed E-state index contributed by atoms with van der Waals surface area (Å²) in [7, 11) is 0. The molecule has 0 amide bonds. The average Bonchev–Trinajstić information content (AvgIpc) is 2.33. The summed E-state index contributed by atoms with van der Waals surface area (Å²) in [6.45, 7) is 0. The number of rotatable bonds is 3. The molecule has 0 radical (unpaired) electrons. The minimum atomic E-state index is -0.379. The van der Waals surface area contributed by atoms with Crippen LogP contribution in [0.4, 0.5) is 4.39 Å². The lowest BCUT2D eigenvalue weighted by molar-refractivity contribution is 0.112. The van der Waals surface area contributed by atoms with Crippen molar-refractivity contribution >= 4 is 33.8 Å². The van der Waals surface area contributed by atoms with Crippen molar-refractivity contribution in [3.8, 4) is 11.5 Å². The SMILES string of the molecule is O=Cc1ccc(Cl)cc1Oc1ccc(F)cc1Br. The van der Waals surface area contributed by atoms with Crippen molar-refractivity contribution in [1.29, 1.82) is 0 Å². The van der Waals surface area contributed by atoms with Gasteiger partial charge in [-0.05, 0) is 46.3 Å². The van der Waals surface area contributed by atoms with Gasteiger partial charge in [-0.3, -0.25) is 4.79 Å². The molecule has 0 saturated carbocycles. The molecule has 0 heterocycles. The van der Waals surface area contributed by atoms with E-state index in [4.69, 9.17) is 16.3 Å². The number of carbonyl (C=O) groups excluding carboxylic acids is 1. The van der Waals surface area contributed by atoms with Gasteiger partial charge < -0.3 is 4.74 Å². The Balaban J connectivity index is 2.39. The molecule has 0 aromatic heterocycles. The molecule has 0 bridgehead atoms. The van der Waals surface area contributed by atoms with Gasteiger partial charge in [-0.1, -0.05) is 11.6 Å². The Hall–Kier alpha value is -1.39. The van der Waals surface area contributed by atoms with Crippen molar-refractivity contribution in [3.63, 3.8) is 0 Å². The van der Waals surface area contributed by atoms with Crippen LogP contribution in [-0.4, -0.2) is 6.29 Å². The summed E-state index contributed by atoms with van der Waals surface area (Å²) in [5, 5.41) is 0.453. The number of hydrogen-bond donors (Lipinski definition) is 0. The molecule has 0 spiro atoms. The van der Waals surface area contributed by atoms with Crippen LogP contribution < -0.4 is 4.74 Å². The smallest absolute Gasteiger partial charge is 0.153 e. The van der Waals surface area contributed by atoms with E-state index < -0.39 is 0 Å². The lowest BCUT2D eigenvalue weighted by Gasteiger charge is -2.10. The maximum absolute atomic E-state index is 12.9. The maximum atomic E-state index is 12.9. The Labute approximate surface area is 116 Å². The van der Waals surface area contributed by atoms with Crippen LogP contribution in [0.2, 0.25) is 5.02 Å². The highest BCUT2D eigenvalue weighted by Crippen LogP contribution is 2.32.